The fraction of sp³-hybridized carbons (Fsp3) is 0.167. The number of amides is 1. The first-order valence-electron chi connectivity index (χ1n) is 5.70. The van der Waals surface area contributed by atoms with Crippen LogP contribution in [0.25, 0.3) is 5.69 Å². The van der Waals surface area contributed by atoms with Crippen LogP contribution in [0.5, 0.6) is 0 Å². The number of nitrogens with one attached hydrogen (secondary N) is 1. The van der Waals surface area contributed by atoms with Crippen molar-refractivity contribution in [1.82, 2.24) is 14.5 Å². The van der Waals surface area contributed by atoms with E-state index in [-0.39, 0.29) is 5.56 Å². The lowest BCUT2D eigenvalue weighted by Gasteiger charge is -2.01. The zero-order valence-corrected chi connectivity index (χ0v) is 10.8. The topological polar surface area (TPSA) is 106 Å². The molecule has 1 aromatic heterocycles. The van der Waals surface area contributed by atoms with Crippen molar-refractivity contribution in [2.45, 2.75) is 13.8 Å². The summed E-state index contributed by atoms with van der Waals surface area (Å²) in [5, 5.41) is 12.8. The lowest BCUT2D eigenvalue weighted by atomic mass is 10.2. The molecule has 0 aliphatic heterocycles. The number of hydrogen-bond donors (Lipinski definition) is 2. The van der Waals surface area contributed by atoms with Crippen LogP contribution < -0.4 is 11.1 Å². The van der Waals surface area contributed by atoms with E-state index in [1.165, 1.54) is 31.2 Å². The second-order valence-electron chi connectivity index (χ2n) is 4.10. The van der Waals surface area contributed by atoms with E-state index in [0.717, 1.165) is 9.36 Å². The van der Waals surface area contributed by atoms with Crippen molar-refractivity contribution in [3.05, 3.63) is 46.1 Å². The highest BCUT2D eigenvalue weighted by molar-refractivity contribution is 5.87. The Balaban J connectivity index is 2.46. The summed E-state index contributed by atoms with van der Waals surface area (Å²) in [6.45, 7) is 2.85. The molecule has 104 valence electrons. The van der Waals surface area contributed by atoms with Crippen LogP contribution in [0.15, 0.2) is 29.1 Å². The van der Waals surface area contributed by atoms with Gasteiger partial charge in [-0.25, -0.2) is 9.59 Å². The van der Waals surface area contributed by atoms with Crippen LogP contribution in [-0.2, 0) is 4.79 Å². The molecule has 0 aliphatic carbocycles. The molecule has 8 heteroatoms. The van der Waals surface area contributed by atoms with Gasteiger partial charge in [-0.15, -0.1) is 5.10 Å². The molecular formula is C12H12N4O4. The van der Waals surface area contributed by atoms with Gasteiger partial charge in [-0.05, 0) is 31.2 Å². The highest BCUT2D eigenvalue weighted by Crippen LogP contribution is 2.07. The van der Waals surface area contributed by atoms with Crippen LogP contribution in [0.4, 0.5) is 0 Å². The highest BCUT2D eigenvalue weighted by atomic mass is 16.4. The fourth-order valence-corrected chi connectivity index (χ4v) is 1.66. The van der Waals surface area contributed by atoms with Crippen molar-refractivity contribution >= 4 is 11.9 Å². The van der Waals surface area contributed by atoms with Gasteiger partial charge in [-0.2, -0.15) is 9.36 Å². The van der Waals surface area contributed by atoms with Gasteiger partial charge in [-0.3, -0.25) is 10.2 Å². The Morgan fingerprint density at radius 1 is 1.25 bits per heavy atom. The van der Waals surface area contributed by atoms with Gasteiger partial charge in [0.1, 0.15) is 0 Å². The Kier molecular flexibility index (Phi) is 3.38. The second-order valence-corrected chi connectivity index (χ2v) is 4.10. The van der Waals surface area contributed by atoms with Crippen LogP contribution in [0.3, 0.4) is 0 Å². The summed E-state index contributed by atoms with van der Waals surface area (Å²) >= 11 is 0. The lowest BCUT2D eigenvalue weighted by Crippen LogP contribution is -2.33. The van der Waals surface area contributed by atoms with Crippen LogP contribution in [0.1, 0.15) is 23.1 Å². The van der Waals surface area contributed by atoms with E-state index in [2.05, 4.69) is 10.5 Å². The lowest BCUT2D eigenvalue weighted by molar-refractivity contribution is -0.115. The van der Waals surface area contributed by atoms with Gasteiger partial charge in [0, 0.05) is 6.92 Å². The van der Waals surface area contributed by atoms with E-state index in [4.69, 9.17) is 5.11 Å². The normalized spacial score (nSPS) is 10.3. The van der Waals surface area contributed by atoms with Gasteiger partial charge in [-0.1, -0.05) is 0 Å². The predicted octanol–water partition coefficient (Wildman–Crippen LogP) is 0.131. The molecule has 0 radical (unpaired) electrons. The number of carbonyl (C=O) groups is 2. The van der Waals surface area contributed by atoms with Gasteiger partial charge >= 0.3 is 11.7 Å². The average Bonchev–Trinajstić information content (AvgIpc) is 2.66. The minimum atomic E-state index is -1.05. The summed E-state index contributed by atoms with van der Waals surface area (Å²) in [7, 11) is 0. The Labute approximate surface area is 113 Å². The minimum Gasteiger partial charge on any atom is -0.478 e. The van der Waals surface area contributed by atoms with Crippen molar-refractivity contribution in [2.24, 2.45) is 0 Å². The number of aromatic carboxylic acids is 1. The van der Waals surface area contributed by atoms with E-state index < -0.39 is 17.6 Å². The molecule has 20 heavy (non-hydrogen) atoms. The summed E-state index contributed by atoms with van der Waals surface area (Å²) in [6, 6.07) is 5.68. The summed E-state index contributed by atoms with van der Waals surface area (Å²) in [4.78, 5) is 33.8. The zero-order chi connectivity index (χ0) is 14.9. The first-order chi connectivity index (χ1) is 9.40. The quantitative estimate of drug-likeness (QED) is 0.828. The molecule has 0 bridgehead atoms. The number of aromatic nitrogens is 3. The minimum absolute atomic E-state index is 0.111. The smallest absolute Gasteiger partial charge is 0.369 e. The van der Waals surface area contributed by atoms with E-state index in [9.17, 15) is 14.4 Å². The first-order valence-corrected chi connectivity index (χ1v) is 5.70. The maximum atomic E-state index is 12.1. The first kappa shape index (κ1) is 13.5. The summed E-state index contributed by atoms with van der Waals surface area (Å²) in [5.41, 5.74) is 2.33. The number of carboxylic acids is 1. The summed E-state index contributed by atoms with van der Waals surface area (Å²) < 4.78 is 2.10. The number of nitrogens with zero attached hydrogens (tertiary/aromatic N) is 3. The monoisotopic (exact) mass is 276 g/mol. The summed E-state index contributed by atoms with van der Waals surface area (Å²) in [5.74, 6) is -1.13. The Bertz CT molecular complexity index is 727. The molecule has 2 N–H and O–H groups in total. The fourth-order valence-electron chi connectivity index (χ4n) is 1.66. The van der Waals surface area contributed by atoms with E-state index in [1.54, 1.807) is 6.92 Å². The maximum Gasteiger partial charge on any atom is 0.369 e. The second kappa shape index (κ2) is 5.00. The van der Waals surface area contributed by atoms with Gasteiger partial charge in [0.05, 0.1) is 11.3 Å². The van der Waals surface area contributed by atoms with Gasteiger partial charge in [0.2, 0.25) is 5.91 Å². The van der Waals surface area contributed by atoms with Crippen LogP contribution >= 0.6 is 0 Å². The Morgan fingerprint density at radius 3 is 2.35 bits per heavy atom. The van der Waals surface area contributed by atoms with Gasteiger partial charge < -0.3 is 5.11 Å². The number of carboxylic acid groups (broad SMARTS) is 1. The van der Waals surface area contributed by atoms with Crippen LogP contribution in [0, 0.1) is 6.92 Å². The van der Waals surface area contributed by atoms with Crippen LogP contribution in [0.2, 0.25) is 0 Å². The van der Waals surface area contributed by atoms with E-state index in [1.807, 2.05) is 0 Å². The average molecular weight is 276 g/mol. The molecule has 2 rings (SSSR count). The Hall–Kier alpha value is -2.90. The molecule has 1 amide bonds. The van der Waals surface area contributed by atoms with Crippen molar-refractivity contribution in [1.29, 1.82) is 0 Å². The SMILES string of the molecule is CC(=O)Nn1c(C)nn(-c2ccc(C(=O)O)cc2)c1=O. The molecule has 0 saturated carbocycles. The van der Waals surface area contributed by atoms with Gasteiger partial charge in [0.25, 0.3) is 0 Å². The van der Waals surface area contributed by atoms with Crippen LogP contribution in [-0.4, -0.2) is 31.4 Å². The van der Waals surface area contributed by atoms with E-state index in [0.29, 0.717) is 11.5 Å². The number of aryl methyl sites for hydroxylation is 1. The van der Waals surface area contributed by atoms with Gasteiger partial charge in [0.15, 0.2) is 5.82 Å². The standard InChI is InChI=1S/C12H12N4O4/c1-7-13-16(12(20)15(7)14-8(2)17)10-5-3-9(4-6-10)11(18)19/h3-6H,1-2H3,(H,14,17)(H,18,19). The number of carbonyl (C=O) groups excluding carboxylic acids is 1. The third kappa shape index (κ3) is 2.44. The molecule has 1 heterocycles. The summed E-state index contributed by atoms with van der Waals surface area (Å²) in [6.07, 6.45) is 0. The molecule has 8 nitrogen and oxygen atoms in total. The number of hydrogen-bond acceptors (Lipinski definition) is 4. The van der Waals surface area contributed by atoms with Crippen molar-refractivity contribution < 1.29 is 14.7 Å². The number of benzene rings is 1. The highest BCUT2D eigenvalue weighted by Gasteiger charge is 2.12. The molecule has 0 aliphatic rings. The molecular weight excluding hydrogens is 264 g/mol. The molecule has 1 aromatic carbocycles. The van der Waals surface area contributed by atoms with E-state index >= 15 is 0 Å². The third-order valence-electron chi connectivity index (χ3n) is 2.57. The Morgan fingerprint density at radius 2 is 1.85 bits per heavy atom. The molecule has 0 saturated heterocycles. The third-order valence-corrected chi connectivity index (χ3v) is 2.57. The maximum absolute atomic E-state index is 12.1. The molecule has 0 fully saturated rings. The van der Waals surface area contributed by atoms with Crippen molar-refractivity contribution in [3.8, 4) is 5.69 Å². The number of rotatable bonds is 3. The molecule has 2 aromatic rings. The molecule has 0 spiro atoms. The largest absolute Gasteiger partial charge is 0.478 e. The zero-order valence-electron chi connectivity index (χ0n) is 10.8. The molecule has 0 unspecified atom stereocenters. The van der Waals surface area contributed by atoms with Crippen molar-refractivity contribution in [3.63, 3.8) is 0 Å². The predicted molar refractivity (Wildman–Crippen MR) is 69.6 cm³/mol. The molecule has 0 atom stereocenters. The van der Waals surface area contributed by atoms with Crippen molar-refractivity contribution in [2.75, 3.05) is 5.43 Å².